The van der Waals surface area contributed by atoms with E-state index in [0.717, 1.165) is 5.56 Å². The first-order chi connectivity index (χ1) is 9.54. The van der Waals surface area contributed by atoms with Gasteiger partial charge in [0.25, 0.3) is 5.91 Å². The molecular weight excluding hydrogens is 268 g/mol. The average molecular weight is 281 g/mol. The molecule has 0 atom stereocenters. The Morgan fingerprint density at radius 3 is 2.95 bits per heavy atom. The predicted molar refractivity (Wildman–Crippen MR) is 67.5 cm³/mol. The van der Waals surface area contributed by atoms with E-state index in [1.165, 1.54) is 24.3 Å². The summed E-state index contributed by atoms with van der Waals surface area (Å²) in [5.41, 5.74) is 1.10. The third-order valence-corrected chi connectivity index (χ3v) is 2.53. The predicted octanol–water partition coefficient (Wildman–Crippen LogP) is 1.95. The van der Waals surface area contributed by atoms with Gasteiger partial charge in [-0.05, 0) is 18.2 Å². The maximum absolute atomic E-state index is 12.1. The van der Waals surface area contributed by atoms with Gasteiger partial charge in [-0.15, -0.1) is 0 Å². The van der Waals surface area contributed by atoms with Crippen LogP contribution in [0.5, 0.6) is 5.75 Å². The smallest absolute Gasteiger partial charge is 0.387 e. The summed E-state index contributed by atoms with van der Waals surface area (Å²) in [6.45, 7) is -2.60. The van der Waals surface area contributed by atoms with Crippen LogP contribution in [0.15, 0.2) is 36.7 Å². The monoisotopic (exact) mass is 281 g/mol. The summed E-state index contributed by atoms with van der Waals surface area (Å²) >= 11 is 0. The summed E-state index contributed by atoms with van der Waals surface area (Å²) in [5, 5.41) is 6.65. The van der Waals surface area contributed by atoms with Crippen LogP contribution in [0.25, 0.3) is 0 Å². The molecule has 0 aliphatic heterocycles. The van der Waals surface area contributed by atoms with Crippen molar-refractivity contribution in [1.29, 1.82) is 0 Å². The Morgan fingerprint density at radius 2 is 2.30 bits per heavy atom. The van der Waals surface area contributed by atoms with Crippen LogP contribution in [0, 0.1) is 0 Å². The van der Waals surface area contributed by atoms with Gasteiger partial charge in [-0.2, -0.15) is 13.9 Å². The van der Waals surface area contributed by atoms with Crippen LogP contribution in [0.2, 0.25) is 0 Å². The Labute approximate surface area is 114 Å². The maximum Gasteiger partial charge on any atom is 0.387 e. The normalized spacial score (nSPS) is 10.6. The number of rotatable bonds is 5. The van der Waals surface area contributed by atoms with E-state index in [4.69, 9.17) is 0 Å². The van der Waals surface area contributed by atoms with Crippen molar-refractivity contribution in [2.24, 2.45) is 7.05 Å². The molecule has 0 fully saturated rings. The molecule has 2 rings (SSSR count). The Morgan fingerprint density at radius 1 is 1.50 bits per heavy atom. The number of aromatic nitrogens is 2. The van der Waals surface area contributed by atoms with Crippen LogP contribution >= 0.6 is 0 Å². The summed E-state index contributed by atoms with van der Waals surface area (Å²) in [5.74, 6) is -0.414. The van der Waals surface area contributed by atoms with Gasteiger partial charge in [-0.25, -0.2) is 0 Å². The van der Waals surface area contributed by atoms with Gasteiger partial charge < -0.3 is 10.1 Å². The lowest BCUT2D eigenvalue weighted by Crippen LogP contribution is -2.22. The lowest BCUT2D eigenvalue weighted by molar-refractivity contribution is -0.0498. The number of aryl methyl sites for hydroxylation is 1. The summed E-state index contributed by atoms with van der Waals surface area (Å²) in [7, 11) is 1.77. The number of ether oxygens (including phenoxy) is 1. The second-order valence-corrected chi connectivity index (χ2v) is 4.11. The maximum atomic E-state index is 12.1. The molecule has 0 aliphatic rings. The average Bonchev–Trinajstić information content (AvgIpc) is 2.81. The highest BCUT2D eigenvalue weighted by molar-refractivity contribution is 5.94. The minimum atomic E-state index is -2.91. The number of carbonyl (C=O) groups is 1. The molecule has 1 heterocycles. The van der Waals surface area contributed by atoms with E-state index in [0.29, 0.717) is 6.54 Å². The van der Waals surface area contributed by atoms with Crippen LogP contribution in [-0.2, 0) is 13.6 Å². The van der Waals surface area contributed by atoms with Gasteiger partial charge >= 0.3 is 6.61 Å². The fraction of sp³-hybridized carbons (Fsp3) is 0.231. The van der Waals surface area contributed by atoms with Crippen molar-refractivity contribution in [1.82, 2.24) is 15.1 Å². The highest BCUT2D eigenvalue weighted by atomic mass is 19.3. The molecule has 1 N–H and O–H groups in total. The van der Waals surface area contributed by atoms with Gasteiger partial charge in [0.1, 0.15) is 5.75 Å². The quantitative estimate of drug-likeness (QED) is 0.911. The van der Waals surface area contributed by atoms with Crippen LogP contribution in [0.4, 0.5) is 8.78 Å². The van der Waals surface area contributed by atoms with E-state index in [9.17, 15) is 13.6 Å². The first-order valence-corrected chi connectivity index (χ1v) is 5.85. The zero-order valence-corrected chi connectivity index (χ0v) is 10.7. The molecule has 0 radical (unpaired) electrons. The Bertz CT molecular complexity index is 599. The zero-order chi connectivity index (χ0) is 14.5. The molecule has 1 aromatic heterocycles. The number of nitrogens with zero attached hydrogens (tertiary/aromatic N) is 2. The summed E-state index contributed by atoms with van der Waals surface area (Å²) < 4.78 is 30.1. The van der Waals surface area contributed by atoms with Crippen LogP contribution in [0.1, 0.15) is 15.9 Å². The molecule has 1 aromatic carbocycles. The molecule has 0 bridgehead atoms. The molecule has 0 saturated heterocycles. The van der Waals surface area contributed by atoms with Crippen LogP contribution in [0.3, 0.4) is 0 Å². The van der Waals surface area contributed by atoms with Crippen molar-refractivity contribution in [3.63, 3.8) is 0 Å². The number of nitrogens with one attached hydrogen (secondary N) is 1. The number of amides is 1. The van der Waals surface area contributed by atoms with Crippen LogP contribution < -0.4 is 10.1 Å². The SMILES string of the molecule is Cn1cc(CNC(=O)c2cccc(OC(F)F)c2)cn1. The van der Waals surface area contributed by atoms with Crippen molar-refractivity contribution in [2.75, 3.05) is 0 Å². The zero-order valence-electron chi connectivity index (χ0n) is 10.7. The third-order valence-electron chi connectivity index (χ3n) is 2.53. The molecule has 106 valence electrons. The second-order valence-electron chi connectivity index (χ2n) is 4.11. The lowest BCUT2D eigenvalue weighted by Gasteiger charge is -2.07. The van der Waals surface area contributed by atoms with E-state index < -0.39 is 6.61 Å². The third kappa shape index (κ3) is 3.78. The van der Waals surface area contributed by atoms with E-state index in [2.05, 4.69) is 15.2 Å². The van der Waals surface area contributed by atoms with Crippen molar-refractivity contribution in [2.45, 2.75) is 13.2 Å². The van der Waals surface area contributed by atoms with Gasteiger partial charge in [-0.3, -0.25) is 9.48 Å². The number of carbonyl (C=O) groups excluding carboxylic acids is 1. The van der Waals surface area contributed by atoms with Crippen molar-refractivity contribution in [3.8, 4) is 5.75 Å². The van der Waals surface area contributed by atoms with Gasteiger partial charge in [0, 0.05) is 30.9 Å². The van der Waals surface area contributed by atoms with Crippen LogP contribution in [-0.4, -0.2) is 22.3 Å². The molecule has 0 spiro atoms. The van der Waals surface area contributed by atoms with E-state index in [-0.39, 0.29) is 17.2 Å². The minimum absolute atomic E-state index is 0.0472. The van der Waals surface area contributed by atoms with Gasteiger partial charge in [0.05, 0.1) is 6.20 Å². The Balaban J connectivity index is 1.98. The number of halogens is 2. The first-order valence-electron chi connectivity index (χ1n) is 5.85. The lowest BCUT2D eigenvalue weighted by atomic mass is 10.2. The largest absolute Gasteiger partial charge is 0.435 e. The number of hydrogen-bond acceptors (Lipinski definition) is 3. The summed E-state index contributed by atoms with van der Waals surface area (Å²) in [4.78, 5) is 11.9. The topological polar surface area (TPSA) is 56.2 Å². The number of alkyl halides is 2. The molecular formula is C13H13F2N3O2. The van der Waals surface area contributed by atoms with E-state index >= 15 is 0 Å². The highest BCUT2D eigenvalue weighted by Gasteiger charge is 2.09. The second kappa shape index (κ2) is 6.14. The van der Waals surface area contributed by atoms with E-state index in [1.54, 1.807) is 24.1 Å². The highest BCUT2D eigenvalue weighted by Crippen LogP contribution is 2.15. The molecule has 1 amide bonds. The van der Waals surface area contributed by atoms with Gasteiger partial charge in [0.15, 0.2) is 0 Å². The standard InChI is InChI=1S/C13H13F2N3O2/c1-18-8-9(7-17-18)6-16-12(19)10-3-2-4-11(5-10)20-13(14)15/h2-5,7-8,13H,6H2,1H3,(H,16,19). The van der Waals surface area contributed by atoms with Crippen molar-refractivity contribution < 1.29 is 18.3 Å². The Kier molecular flexibility index (Phi) is 4.29. The molecule has 0 unspecified atom stereocenters. The van der Waals surface area contributed by atoms with Gasteiger partial charge in [-0.1, -0.05) is 6.07 Å². The minimum Gasteiger partial charge on any atom is -0.435 e. The fourth-order valence-corrected chi connectivity index (χ4v) is 1.66. The van der Waals surface area contributed by atoms with Crippen molar-refractivity contribution in [3.05, 3.63) is 47.8 Å². The molecule has 7 heteroatoms. The first kappa shape index (κ1) is 14.0. The molecule has 20 heavy (non-hydrogen) atoms. The van der Waals surface area contributed by atoms with Crippen molar-refractivity contribution >= 4 is 5.91 Å². The molecule has 0 aliphatic carbocycles. The molecule has 0 saturated carbocycles. The Hall–Kier alpha value is -2.44. The number of hydrogen-bond donors (Lipinski definition) is 1. The number of benzene rings is 1. The summed E-state index contributed by atoms with van der Waals surface area (Å²) in [6.07, 6.45) is 3.41. The van der Waals surface area contributed by atoms with E-state index in [1.807, 2.05) is 0 Å². The summed E-state index contributed by atoms with van der Waals surface area (Å²) in [6, 6.07) is 5.64. The van der Waals surface area contributed by atoms with Gasteiger partial charge in [0.2, 0.25) is 0 Å². The fourth-order valence-electron chi connectivity index (χ4n) is 1.66. The molecule has 2 aromatic rings. The molecule has 5 nitrogen and oxygen atoms in total.